The molecule has 1 heterocycles. The van der Waals surface area contributed by atoms with Crippen molar-refractivity contribution in [2.75, 3.05) is 0 Å². The molecule has 4 heteroatoms. The molecule has 2 fully saturated rings. The first-order valence-electron chi connectivity index (χ1n) is 6.50. The van der Waals surface area contributed by atoms with Gasteiger partial charge >= 0.3 is 0 Å². The van der Waals surface area contributed by atoms with Crippen LogP contribution < -0.4 is 0 Å². The van der Waals surface area contributed by atoms with E-state index in [1.54, 1.807) is 0 Å². The molecule has 0 bridgehead atoms. The topological polar surface area (TPSA) is 38.8 Å². The fourth-order valence-electron chi connectivity index (χ4n) is 2.19. The highest BCUT2D eigenvalue weighted by molar-refractivity contribution is 6.74. The third-order valence-corrected chi connectivity index (χ3v) is 9.00. The van der Waals surface area contributed by atoms with E-state index in [0.29, 0.717) is 0 Å². The molecule has 0 radical (unpaired) electrons. The second-order valence-electron chi connectivity index (χ2n) is 6.98. The molecule has 0 aromatic carbocycles. The van der Waals surface area contributed by atoms with Gasteiger partial charge < -0.3 is 9.16 Å². The summed E-state index contributed by atoms with van der Waals surface area (Å²) in [6, 6.07) is 0. The van der Waals surface area contributed by atoms with Crippen LogP contribution in [-0.2, 0) is 14.0 Å². The van der Waals surface area contributed by atoms with E-state index in [2.05, 4.69) is 33.9 Å². The van der Waals surface area contributed by atoms with Crippen LogP contribution in [0.4, 0.5) is 0 Å². The van der Waals surface area contributed by atoms with Crippen molar-refractivity contribution >= 4 is 14.1 Å². The minimum Gasteiger partial charge on any atom is -0.411 e. The Labute approximate surface area is 105 Å². The van der Waals surface area contributed by atoms with Crippen molar-refractivity contribution in [3.8, 4) is 0 Å². The van der Waals surface area contributed by atoms with E-state index in [1.165, 1.54) is 0 Å². The van der Waals surface area contributed by atoms with E-state index in [9.17, 15) is 4.79 Å². The molecule has 1 unspecified atom stereocenters. The number of carbonyl (C=O) groups is 1. The molecule has 0 spiro atoms. The van der Waals surface area contributed by atoms with E-state index in [1.807, 2.05) is 6.92 Å². The number of ketones is 1. The van der Waals surface area contributed by atoms with Gasteiger partial charge in [0.2, 0.25) is 0 Å². The molecule has 4 atom stereocenters. The Balaban J connectivity index is 2.04. The summed E-state index contributed by atoms with van der Waals surface area (Å²) in [6.07, 6.45) is 0.849. The predicted molar refractivity (Wildman–Crippen MR) is 69.5 cm³/mol. The Hall–Kier alpha value is -0.193. The normalized spacial score (nSPS) is 37.9. The zero-order valence-electron chi connectivity index (χ0n) is 11.7. The highest BCUT2D eigenvalue weighted by atomic mass is 28.4. The Kier molecular flexibility index (Phi) is 3.04. The molecule has 17 heavy (non-hydrogen) atoms. The first kappa shape index (κ1) is 13.2. The van der Waals surface area contributed by atoms with E-state index in [0.717, 1.165) is 6.42 Å². The van der Waals surface area contributed by atoms with Crippen molar-refractivity contribution in [2.45, 2.75) is 70.6 Å². The van der Waals surface area contributed by atoms with Crippen LogP contribution >= 0.6 is 0 Å². The number of hydrogen-bond acceptors (Lipinski definition) is 3. The third-order valence-electron chi connectivity index (χ3n) is 4.50. The van der Waals surface area contributed by atoms with Gasteiger partial charge in [-0.1, -0.05) is 27.7 Å². The highest BCUT2D eigenvalue weighted by Crippen LogP contribution is 2.44. The van der Waals surface area contributed by atoms with Gasteiger partial charge in [0.15, 0.2) is 14.1 Å². The number of rotatable bonds is 2. The molecule has 0 amide bonds. The Bertz CT molecular complexity index is 328. The summed E-state index contributed by atoms with van der Waals surface area (Å²) in [5.41, 5.74) is 0. The number of Topliss-reactive ketones (excluding diaryl/α,β-unsaturated/α-hetero) is 1. The molecule has 0 aromatic rings. The lowest BCUT2D eigenvalue weighted by Crippen LogP contribution is -2.48. The Morgan fingerprint density at radius 2 is 1.94 bits per heavy atom. The second-order valence-corrected chi connectivity index (χ2v) is 11.7. The number of epoxide rings is 1. The van der Waals surface area contributed by atoms with Crippen molar-refractivity contribution in [2.24, 2.45) is 5.92 Å². The fourth-order valence-corrected chi connectivity index (χ4v) is 3.53. The molecule has 1 aliphatic heterocycles. The van der Waals surface area contributed by atoms with Gasteiger partial charge in [-0.15, -0.1) is 0 Å². The zero-order valence-corrected chi connectivity index (χ0v) is 12.7. The first-order chi connectivity index (χ1) is 7.63. The molecule has 1 aliphatic carbocycles. The molecule has 1 saturated carbocycles. The van der Waals surface area contributed by atoms with Crippen molar-refractivity contribution in [3.05, 3.63) is 0 Å². The molecular formula is C13H24O3Si. The monoisotopic (exact) mass is 256 g/mol. The second kappa shape index (κ2) is 3.90. The van der Waals surface area contributed by atoms with E-state index >= 15 is 0 Å². The lowest BCUT2D eigenvalue weighted by Gasteiger charge is -2.40. The minimum absolute atomic E-state index is 0.0489. The lowest BCUT2D eigenvalue weighted by molar-refractivity contribution is -0.125. The Morgan fingerprint density at radius 1 is 1.35 bits per heavy atom. The molecule has 0 aromatic heterocycles. The summed E-state index contributed by atoms with van der Waals surface area (Å²) < 4.78 is 11.9. The van der Waals surface area contributed by atoms with Crippen LogP contribution in [0.3, 0.4) is 0 Å². The van der Waals surface area contributed by atoms with Gasteiger partial charge in [-0.05, 0) is 24.6 Å². The van der Waals surface area contributed by atoms with E-state index in [-0.39, 0.29) is 35.1 Å². The predicted octanol–water partition coefficient (Wildman–Crippen LogP) is 2.75. The van der Waals surface area contributed by atoms with Crippen molar-refractivity contribution < 1.29 is 14.0 Å². The van der Waals surface area contributed by atoms with Crippen LogP contribution in [0.1, 0.15) is 34.1 Å². The largest absolute Gasteiger partial charge is 0.411 e. The molecule has 0 N–H and O–H groups in total. The molecule has 3 nitrogen and oxygen atoms in total. The van der Waals surface area contributed by atoms with Gasteiger partial charge in [0.25, 0.3) is 0 Å². The highest BCUT2D eigenvalue weighted by Gasteiger charge is 2.57. The fraction of sp³-hybridized carbons (Fsp3) is 0.923. The number of hydrogen-bond donors (Lipinski definition) is 0. The van der Waals surface area contributed by atoms with Crippen LogP contribution in [0.15, 0.2) is 0 Å². The van der Waals surface area contributed by atoms with Crippen molar-refractivity contribution in [3.63, 3.8) is 0 Å². The van der Waals surface area contributed by atoms with Gasteiger partial charge in [0.05, 0.1) is 6.10 Å². The standard InChI is InChI=1S/C13H24O3Si/c1-8-7-9(11-12(15-11)10(8)14)16-17(5,6)13(2,3)4/h8-9,11-12H,7H2,1-6H3/t8?,9-,11+,12-/m0/s1. The maximum atomic E-state index is 11.7. The average molecular weight is 256 g/mol. The first-order valence-corrected chi connectivity index (χ1v) is 9.41. The maximum Gasteiger partial charge on any atom is 0.192 e. The third kappa shape index (κ3) is 2.35. The van der Waals surface area contributed by atoms with Crippen LogP contribution in [-0.4, -0.2) is 32.4 Å². The molecular weight excluding hydrogens is 232 g/mol. The van der Waals surface area contributed by atoms with Crippen molar-refractivity contribution in [1.82, 2.24) is 0 Å². The molecule has 2 rings (SSSR count). The van der Waals surface area contributed by atoms with Crippen molar-refractivity contribution in [1.29, 1.82) is 0 Å². The van der Waals surface area contributed by atoms with E-state index in [4.69, 9.17) is 9.16 Å². The average Bonchev–Trinajstić information content (AvgIpc) is 2.91. The molecule has 2 aliphatic rings. The Morgan fingerprint density at radius 3 is 2.47 bits per heavy atom. The summed E-state index contributed by atoms with van der Waals surface area (Å²) >= 11 is 0. The number of ether oxygens (including phenoxy) is 1. The quantitative estimate of drug-likeness (QED) is 0.563. The summed E-state index contributed by atoms with van der Waals surface area (Å²) in [4.78, 5) is 11.7. The van der Waals surface area contributed by atoms with Crippen LogP contribution in [0.5, 0.6) is 0 Å². The summed E-state index contributed by atoms with van der Waals surface area (Å²) in [7, 11) is -1.75. The van der Waals surface area contributed by atoms with Crippen LogP contribution in [0.2, 0.25) is 18.1 Å². The van der Waals surface area contributed by atoms with E-state index < -0.39 is 8.32 Å². The molecule has 1 saturated heterocycles. The van der Waals surface area contributed by atoms with Crippen LogP contribution in [0.25, 0.3) is 0 Å². The van der Waals surface area contributed by atoms with Crippen LogP contribution in [0, 0.1) is 5.92 Å². The summed E-state index contributed by atoms with van der Waals surface area (Å²) in [6.45, 7) is 13.2. The number of carbonyl (C=O) groups excluding carboxylic acids is 1. The smallest absolute Gasteiger partial charge is 0.192 e. The van der Waals surface area contributed by atoms with Gasteiger partial charge in [-0.25, -0.2) is 0 Å². The molecule has 98 valence electrons. The SMILES string of the molecule is CC1C[C@H](O[Si](C)(C)C(C)(C)C)[C@H]2O[C@H]2C1=O. The summed E-state index contributed by atoms with van der Waals surface area (Å²) in [5.74, 6) is 0.360. The minimum atomic E-state index is -1.75. The summed E-state index contributed by atoms with van der Waals surface area (Å²) in [5, 5.41) is 0.210. The lowest BCUT2D eigenvalue weighted by atomic mass is 9.88. The van der Waals surface area contributed by atoms with Gasteiger partial charge in [-0.2, -0.15) is 0 Å². The zero-order chi connectivity index (χ0) is 13.0. The number of fused-ring (bicyclic) bond motifs is 1. The maximum absolute atomic E-state index is 11.7. The van der Waals surface area contributed by atoms with Gasteiger partial charge in [0.1, 0.15) is 12.2 Å². The van der Waals surface area contributed by atoms with Gasteiger partial charge in [0, 0.05) is 5.92 Å². The van der Waals surface area contributed by atoms with Gasteiger partial charge in [-0.3, -0.25) is 4.79 Å².